The van der Waals surface area contributed by atoms with E-state index >= 15 is 0 Å². The molecule has 15 heavy (non-hydrogen) atoms. The maximum atomic E-state index is 5.21. The SMILES string of the molecule is C=C(C)/C=C\C(=C)N1CCCC1COC. The zero-order valence-corrected chi connectivity index (χ0v) is 9.83. The van der Waals surface area contributed by atoms with E-state index in [1.165, 1.54) is 12.8 Å². The summed E-state index contributed by atoms with van der Waals surface area (Å²) < 4.78 is 5.21. The van der Waals surface area contributed by atoms with Crippen LogP contribution >= 0.6 is 0 Å². The quantitative estimate of drug-likeness (QED) is 0.643. The molecule has 0 amide bonds. The molecule has 2 nitrogen and oxygen atoms in total. The summed E-state index contributed by atoms with van der Waals surface area (Å²) in [6.07, 6.45) is 6.47. The van der Waals surface area contributed by atoms with Gasteiger partial charge in [0, 0.05) is 19.4 Å². The number of methoxy groups -OCH3 is 1. The van der Waals surface area contributed by atoms with E-state index in [1.54, 1.807) is 7.11 Å². The molecule has 0 aliphatic carbocycles. The largest absolute Gasteiger partial charge is 0.383 e. The van der Waals surface area contributed by atoms with Gasteiger partial charge in [-0.3, -0.25) is 0 Å². The Morgan fingerprint density at radius 3 is 2.80 bits per heavy atom. The van der Waals surface area contributed by atoms with Crippen LogP contribution in [0.4, 0.5) is 0 Å². The van der Waals surface area contributed by atoms with Crippen molar-refractivity contribution in [2.24, 2.45) is 0 Å². The first-order valence-electron chi connectivity index (χ1n) is 5.43. The lowest BCUT2D eigenvalue weighted by Crippen LogP contribution is -2.31. The van der Waals surface area contributed by atoms with Crippen LogP contribution in [-0.4, -0.2) is 31.2 Å². The van der Waals surface area contributed by atoms with Gasteiger partial charge in [0.1, 0.15) is 0 Å². The summed E-state index contributed by atoms with van der Waals surface area (Å²) in [6, 6.07) is 0.497. The molecule has 1 aliphatic heterocycles. The predicted octanol–water partition coefficient (Wildman–Crippen LogP) is 2.74. The van der Waals surface area contributed by atoms with Crippen LogP contribution in [0.3, 0.4) is 0 Å². The monoisotopic (exact) mass is 207 g/mol. The second-order valence-corrected chi connectivity index (χ2v) is 4.12. The van der Waals surface area contributed by atoms with E-state index in [2.05, 4.69) is 18.1 Å². The molecule has 1 fully saturated rings. The Morgan fingerprint density at radius 1 is 1.47 bits per heavy atom. The van der Waals surface area contributed by atoms with Crippen molar-refractivity contribution >= 4 is 0 Å². The van der Waals surface area contributed by atoms with Crippen molar-refractivity contribution in [1.29, 1.82) is 0 Å². The number of likely N-dealkylation sites (tertiary alicyclic amines) is 1. The van der Waals surface area contributed by atoms with Crippen LogP contribution in [-0.2, 0) is 4.74 Å². The topological polar surface area (TPSA) is 12.5 Å². The van der Waals surface area contributed by atoms with Gasteiger partial charge in [0.25, 0.3) is 0 Å². The smallest absolute Gasteiger partial charge is 0.0666 e. The first kappa shape index (κ1) is 12.1. The zero-order chi connectivity index (χ0) is 11.3. The summed E-state index contributed by atoms with van der Waals surface area (Å²) in [6.45, 7) is 11.8. The zero-order valence-electron chi connectivity index (χ0n) is 9.83. The third-order valence-corrected chi connectivity index (χ3v) is 2.67. The molecule has 0 aromatic heterocycles. The molecule has 84 valence electrons. The second-order valence-electron chi connectivity index (χ2n) is 4.12. The van der Waals surface area contributed by atoms with Gasteiger partial charge in [0.05, 0.1) is 12.6 Å². The number of hydrogen-bond donors (Lipinski definition) is 0. The molecule has 1 aliphatic rings. The Bertz CT molecular complexity index is 268. The highest BCUT2D eigenvalue weighted by molar-refractivity contribution is 5.23. The van der Waals surface area contributed by atoms with Crippen molar-refractivity contribution in [3.63, 3.8) is 0 Å². The van der Waals surface area contributed by atoms with Crippen LogP contribution in [0.2, 0.25) is 0 Å². The normalized spacial score (nSPS) is 21.2. The Balaban J connectivity index is 2.54. The molecule has 0 bridgehead atoms. The first-order chi connectivity index (χ1) is 7.15. The minimum absolute atomic E-state index is 0.497. The van der Waals surface area contributed by atoms with Crippen LogP contribution in [0.15, 0.2) is 36.6 Å². The highest BCUT2D eigenvalue weighted by Crippen LogP contribution is 2.22. The van der Waals surface area contributed by atoms with Gasteiger partial charge in [-0.1, -0.05) is 24.8 Å². The molecular weight excluding hydrogens is 186 g/mol. The molecule has 2 heteroatoms. The van der Waals surface area contributed by atoms with E-state index in [0.717, 1.165) is 24.4 Å². The van der Waals surface area contributed by atoms with Crippen LogP contribution < -0.4 is 0 Å². The summed E-state index contributed by atoms with van der Waals surface area (Å²) in [5.74, 6) is 0. The van der Waals surface area contributed by atoms with Crippen molar-refractivity contribution in [2.75, 3.05) is 20.3 Å². The van der Waals surface area contributed by atoms with Crippen LogP contribution in [0, 0.1) is 0 Å². The number of nitrogens with zero attached hydrogens (tertiary/aromatic N) is 1. The fourth-order valence-corrected chi connectivity index (χ4v) is 1.91. The molecule has 1 rings (SSSR count). The minimum atomic E-state index is 0.497. The van der Waals surface area contributed by atoms with E-state index in [9.17, 15) is 0 Å². The Labute approximate surface area is 92.9 Å². The average molecular weight is 207 g/mol. The third-order valence-electron chi connectivity index (χ3n) is 2.67. The van der Waals surface area contributed by atoms with Crippen LogP contribution in [0.5, 0.6) is 0 Å². The Morgan fingerprint density at radius 2 is 2.20 bits per heavy atom. The van der Waals surface area contributed by atoms with Crippen LogP contribution in [0.1, 0.15) is 19.8 Å². The van der Waals surface area contributed by atoms with Gasteiger partial charge in [0.2, 0.25) is 0 Å². The van der Waals surface area contributed by atoms with E-state index in [-0.39, 0.29) is 0 Å². The Kier molecular flexibility index (Phi) is 4.63. The highest BCUT2D eigenvalue weighted by atomic mass is 16.5. The van der Waals surface area contributed by atoms with Crippen molar-refractivity contribution < 1.29 is 4.74 Å². The fraction of sp³-hybridized carbons (Fsp3) is 0.538. The van der Waals surface area contributed by atoms with Gasteiger partial charge in [0.15, 0.2) is 0 Å². The molecule has 1 atom stereocenters. The van der Waals surface area contributed by atoms with Crippen molar-refractivity contribution in [2.45, 2.75) is 25.8 Å². The van der Waals surface area contributed by atoms with E-state index in [1.807, 2.05) is 19.1 Å². The fourth-order valence-electron chi connectivity index (χ4n) is 1.91. The standard InChI is InChI=1S/C13H21NO/c1-11(2)7-8-12(3)14-9-5-6-13(14)10-15-4/h7-8,13H,1,3,5-6,9-10H2,2,4H3/b8-7-. The highest BCUT2D eigenvalue weighted by Gasteiger charge is 2.23. The van der Waals surface area contributed by atoms with Gasteiger partial charge >= 0.3 is 0 Å². The first-order valence-corrected chi connectivity index (χ1v) is 5.43. The summed E-state index contributed by atoms with van der Waals surface area (Å²) in [7, 11) is 1.75. The second kappa shape index (κ2) is 5.76. The molecule has 0 saturated carbocycles. The lowest BCUT2D eigenvalue weighted by Gasteiger charge is -2.26. The molecule has 1 saturated heterocycles. The van der Waals surface area contributed by atoms with Crippen molar-refractivity contribution in [1.82, 2.24) is 4.90 Å². The number of ether oxygens (including phenoxy) is 1. The summed E-state index contributed by atoms with van der Waals surface area (Å²) in [4.78, 5) is 2.32. The maximum absolute atomic E-state index is 5.21. The minimum Gasteiger partial charge on any atom is -0.383 e. The molecular formula is C13H21NO. The lowest BCUT2D eigenvalue weighted by molar-refractivity contribution is 0.134. The summed E-state index contributed by atoms with van der Waals surface area (Å²) >= 11 is 0. The average Bonchev–Trinajstić information content (AvgIpc) is 2.63. The van der Waals surface area contributed by atoms with Gasteiger partial charge in [-0.2, -0.15) is 0 Å². The summed E-state index contributed by atoms with van der Waals surface area (Å²) in [5.41, 5.74) is 2.12. The van der Waals surface area contributed by atoms with Gasteiger partial charge in [-0.25, -0.2) is 0 Å². The van der Waals surface area contributed by atoms with E-state index in [0.29, 0.717) is 6.04 Å². The molecule has 1 unspecified atom stereocenters. The van der Waals surface area contributed by atoms with Crippen molar-refractivity contribution in [3.8, 4) is 0 Å². The molecule has 0 aromatic carbocycles. The Hall–Kier alpha value is -1.02. The number of allylic oxidation sites excluding steroid dienone is 3. The molecule has 0 aromatic rings. The molecule has 1 heterocycles. The maximum Gasteiger partial charge on any atom is 0.0666 e. The van der Waals surface area contributed by atoms with Gasteiger partial charge in [-0.05, 0) is 25.8 Å². The van der Waals surface area contributed by atoms with E-state index < -0.39 is 0 Å². The van der Waals surface area contributed by atoms with Gasteiger partial charge < -0.3 is 9.64 Å². The molecule has 0 radical (unpaired) electrons. The van der Waals surface area contributed by atoms with Gasteiger partial charge in [-0.15, -0.1) is 0 Å². The number of hydrogen-bond acceptors (Lipinski definition) is 2. The molecule has 0 N–H and O–H groups in total. The van der Waals surface area contributed by atoms with E-state index in [4.69, 9.17) is 4.74 Å². The molecule has 0 spiro atoms. The predicted molar refractivity (Wildman–Crippen MR) is 64.7 cm³/mol. The number of rotatable bonds is 5. The van der Waals surface area contributed by atoms with Crippen molar-refractivity contribution in [3.05, 3.63) is 36.6 Å². The lowest BCUT2D eigenvalue weighted by atomic mass is 10.2. The summed E-state index contributed by atoms with van der Waals surface area (Å²) in [5, 5.41) is 0. The third kappa shape index (κ3) is 3.56. The van der Waals surface area contributed by atoms with Crippen LogP contribution in [0.25, 0.3) is 0 Å².